The third kappa shape index (κ3) is 2.63. The van der Waals surface area contributed by atoms with E-state index in [0.717, 1.165) is 19.5 Å². The highest BCUT2D eigenvalue weighted by molar-refractivity contribution is 6.28. The zero-order valence-corrected chi connectivity index (χ0v) is 13.7. The molecule has 0 saturated carbocycles. The lowest BCUT2D eigenvalue weighted by Crippen LogP contribution is -2.37. The molecule has 4 heterocycles. The molecule has 2 aliphatic rings. The number of likely N-dealkylation sites (tertiary alicyclic amines) is 1. The number of imidazole rings is 1. The summed E-state index contributed by atoms with van der Waals surface area (Å²) in [6.07, 6.45) is 1.53. The largest absolute Gasteiger partial charge is 0.465 e. The summed E-state index contributed by atoms with van der Waals surface area (Å²) < 4.78 is 7.29. The van der Waals surface area contributed by atoms with Gasteiger partial charge in [-0.25, -0.2) is 9.78 Å². The lowest BCUT2D eigenvalue weighted by Gasteiger charge is -2.27. The Kier molecular flexibility index (Phi) is 3.89. The van der Waals surface area contributed by atoms with Gasteiger partial charge in [0.05, 0.1) is 25.6 Å². The molecule has 0 aromatic carbocycles. The molecule has 1 N–H and O–H groups in total. The molecule has 0 unspecified atom stereocenters. The number of fused-ring (bicyclic) bond motifs is 1. The molecule has 1 atom stereocenters. The molecule has 2 aromatic heterocycles. The Hall–Kier alpha value is -2.13. The van der Waals surface area contributed by atoms with Gasteiger partial charge in [-0.05, 0) is 18.0 Å². The first-order valence-electron chi connectivity index (χ1n) is 7.84. The lowest BCUT2D eigenvalue weighted by molar-refractivity contribution is 0.122. The van der Waals surface area contributed by atoms with E-state index >= 15 is 0 Å². The quantitative estimate of drug-likeness (QED) is 0.812. The second kappa shape index (κ2) is 6.06. The van der Waals surface area contributed by atoms with E-state index in [2.05, 4.69) is 19.9 Å². The van der Waals surface area contributed by atoms with E-state index in [4.69, 9.17) is 21.4 Å². The molecular formula is C14H17ClN6O3. The van der Waals surface area contributed by atoms with Crippen LogP contribution in [0.1, 0.15) is 12.5 Å². The van der Waals surface area contributed by atoms with E-state index in [1.165, 1.54) is 4.90 Å². The lowest BCUT2D eigenvalue weighted by atomic mass is 10.2. The summed E-state index contributed by atoms with van der Waals surface area (Å²) in [5.74, 6) is 0.708. The van der Waals surface area contributed by atoms with Gasteiger partial charge in [-0.1, -0.05) is 0 Å². The van der Waals surface area contributed by atoms with Crippen molar-refractivity contribution in [3.63, 3.8) is 0 Å². The minimum Gasteiger partial charge on any atom is -0.465 e. The van der Waals surface area contributed by atoms with Crippen LogP contribution in [-0.4, -0.2) is 75.0 Å². The molecule has 0 bridgehead atoms. The standard InChI is InChI=1S/C14H17ClN6O3/c15-13-17-11(19-3-5-24-6-4-19)10-12(18-13)21(8-16-10)9-1-2-20(7-9)14(22)23/h8-9H,1-7H2,(H,22,23)/t9-/m0/s1. The molecule has 2 fully saturated rings. The van der Waals surface area contributed by atoms with Crippen molar-refractivity contribution in [2.75, 3.05) is 44.3 Å². The maximum atomic E-state index is 11.1. The van der Waals surface area contributed by atoms with Gasteiger partial charge in [0.2, 0.25) is 5.28 Å². The van der Waals surface area contributed by atoms with Crippen molar-refractivity contribution < 1.29 is 14.6 Å². The van der Waals surface area contributed by atoms with Gasteiger partial charge < -0.3 is 24.2 Å². The number of hydrogen-bond donors (Lipinski definition) is 1. The van der Waals surface area contributed by atoms with Crippen LogP contribution in [0, 0.1) is 0 Å². The van der Waals surface area contributed by atoms with Gasteiger partial charge in [0.25, 0.3) is 0 Å². The van der Waals surface area contributed by atoms with Crippen molar-refractivity contribution in [2.24, 2.45) is 0 Å². The van der Waals surface area contributed by atoms with Gasteiger partial charge in [0.1, 0.15) is 0 Å². The maximum Gasteiger partial charge on any atom is 0.407 e. The molecule has 0 spiro atoms. The zero-order chi connectivity index (χ0) is 16.7. The van der Waals surface area contributed by atoms with Gasteiger partial charge in [-0.2, -0.15) is 9.97 Å². The van der Waals surface area contributed by atoms with Gasteiger partial charge >= 0.3 is 6.09 Å². The number of anilines is 1. The summed E-state index contributed by atoms with van der Waals surface area (Å²) in [5.41, 5.74) is 1.34. The van der Waals surface area contributed by atoms with Crippen LogP contribution in [0.25, 0.3) is 11.2 Å². The van der Waals surface area contributed by atoms with Crippen molar-refractivity contribution in [1.82, 2.24) is 24.4 Å². The number of amides is 1. The average molecular weight is 353 g/mol. The molecule has 24 heavy (non-hydrogen) atoms. The van der Waals surface area contributed by atoms with Crippen LogP contribution in [-0.2, 0) is 4.74 Å². The molecule has 2 aromatic rings. The third-order valence-electron chi connectivity index (χ3n) is 4.51. The second-order valence-corrected chi connectivity index (χ2v) is 6.25. The predicted molar refractivity (Wildman–Crippen MR) is 86.6 cm³/mol. The highest BCUT2D eigenvalue weighted by atomic mass is 35.5. The molecule has 0 radical (unpaired) electrons. The first-order valence-corrected chi connectivity index (χ1v) is 8.22. The first-order chi connectivity index (χ1) is 11.6. The molecular weight excluding hydrogens is 336 g/mol. The van der Waals surface area contributed by atoms with Crippen molar-refractivity contribution >= 4 is 34.7 Å². The minimum absolute atomic E-state index is 0.00889. The van der Waals surface area contributed by atoms with Gasteiger partial charge in [0, 0.05) is 26.2 Å². The number of aromatic nitrogens is 4. The highest BCUT2D eigenvalue weighted by Crippen LogP contribution is 2.30. The van der Waals surface area contributed by atoms with Gasteiger partial charge in [-0.15, -0.1) is 0 Å². The SMILES string of the molecule is O=C(O)N1CC[C@H](n2cnc3c(N4CCOCC4)nc(Cl)nc32)C1. The normalized spacial score (nSPS) is 21.6. The summed E-state index contributed by atoms with van der Waals surface area (Å²) in [6.45, 7) is 3.67. The summed E-state index contributed by atoms with van der Waals surface area (Å²) >= 11 is 6.13. The second-order valence-electron chi connectivity index (χ2n) is 5.91. The molecule has 4 rings (SSSR count). The average Bonchev–Trinajstić information content (AvgIpc) is 3.21. The van der Waals surface area contributed by atoms with Crippen LogP contribution < -0.4 is 4.90 Å². The Balaban J connectivity index is 1.71. The van der Waals surface area contributed by atoms with Crippen molar-refractivity contribution in [3.8, 4) is 0 Å². The van der Waals surface area contributed by atoms with Crippen molar-refractivity contribution in [1.29, 1.82) is 0 Å². The Morgan fingerprint density at radius 1 is 1.29 bits per heavy atom. The number of ether oxygens (including phenoxy) is 1. The number of nitrogens with zero attached hydrogens (tertiary/aromatic N) is 6. The van der Waals surface area contributed by atoms with Crippen molar-refractivity contribution in [2.45, 2.75) is 12.5 Å². The van der Waals surface area contributed by atoms with Crippen LogP contribution in [0.2, 0.25) is 5.28 Å². The van der Waals surface area contributed by atoms with Gasteiger partial charge in [0.15, 0.2) is 17.0 Å². The number of halogens is 1. The smallest absolute Gasteiger partial charge is 0.407 e. The number of rotatable bonds is 2. The number of carbonyl (C=O) groups is 1. The van der Waals surface area contributed by atoms with Crippen LogP contribution in [0.4, 0.5) is 10.6 Å². The third-order valence-corrected chi connectivity index (χ3v) is 4.68. The first kappa shape index (κ1) is 15.4. The van der Waals surface area contributed by atoms with Gasteiger partial charge in [-0.3, -0.25) is 0 Å². The molecule has 10 heteroatoms. The fourth-order valence-electron chi connectivity index (χ4n) is 3.28. The Morgan fingerprint density at radius 3 is 2.79 bits per heavy atom. The summed E-state index contributed by atoms with van der Waals surface area (Å²) in [7, 11) is 0. The van der Waals surface area contributed by atoms with Crippen LogP contribution in [0.3, 0.4) is 0 Å². The fraction of sp³-hybridized carbons (Fsp3) is 0.571. The number of hydrogen-bond acceptors (Lipinski definition) is 6. The number of carboxylic acid groups (broad SMARTS) is 1. The van der Waals surface area contributed by atoms with E-state index in [1.807, 2.05) is 4.57 Å². The Morgan fingerprint density at radius 2 is 2.08 bits per heavy atom. The maximum absolute atomic E-state index is 11.1. The zero-order valence-electron chi connectivity index (χ0n) is 12.9. The topological polar surface area (TPSA) is 96.6 Å². The van der Waals surface area contributed by atoms with Crippen molar-refractivity contribution in [3.05, 3.63) is 11.6 Å². The fourth-order valence-corrected chi connectivity index (χ4v) is 3.44. The molecule has 9 nitrogen and oxygen atoms in total. The number of morpholine rings is 1. The summed E-state index contributed by atoms with van der Waals surface area (Å²) in [6, 6.07) is 0.00889. The van der Waals surface area contributed by atoms with Crippen LogP contribution in [0.5, 0.6) is 0 Å². The molecule has 0 aliphatic carbocycles. The predicted octanol–water partition coefficient (Wildman–Crippen LogP) is 1.24. The van der Waals surface area contributed by atoms with Crippen LogP contribution in [0.15, 0.2) is 6.33 Å². The summed E-state index contributed by atoms with van der Waals surface area (Å²) in [5, 5.41) is 9.30. The molecule has 2 saturated heterocycles. The summed E-state index contributed by atoms with van der Waals surface area (Å²) in [4.78, 5) is 27.8. The monoisotopic (exact) mass is 352 g/mol. The van der Waals surface area contributed by atoms with Crippen LogP contribution >= 0.6 is 11.6 Å². The molecule has 128 valence electrons. The Labute approximate surface area is 142 Å². The minimum atomic E-state index is -0.899. The van der Waals surface area contributed by atoms with E-state index in [9.17, 15) is 4.79 Å². The highest BCUT2D eigenvalue weighted by Gasteiger charge is 2.29. The molecule has 2 aliphatic heterocycles. The van der Waals surface area contributed by atoms with E-state index < -0.39 is 6.09 Å². The Bertz CT molecular complexity index is 775. The van der Waals surface area contributed by atoms with E-state index in [0.29, 0.717) is 43.3 Å². The van der Waals surface area contributed by atoms with E-state index in [1.54, 1.807) is 6.33 Å². The van der Waals surface area contributed by atoms with E-state index in [-0.39, 0.29) is 11.3 Å². The molecule has 1 amide bonds.